The first-order chi connectivity index (χ1) is 5.54. The highest BCUT2D eigenvalue weighted by atomic mass is 28.3. The summed E-state index contributed by atoms with van der Waals surface area (Å²) in [5.74, 6) is -0.000772. The van der Waals surface area contributed by atoms with Gasteiger partial charge in [0.1, 0.15) is 0 Å². The molecule has 0 aliphatic heterocycles. The average Bonchev–Trinajstić information content (AvgIpc) is 1.77. The van der Waals surface area contributed by atoms with Crippen LogP contribution in [0.25, 0.3) is 0 Å². The fraction of sp³-hybridized carbons (Fsp3) is 1.00. The van der Waals surface area contributed by atoms with E-state index in [0.717, 1.165) is 6.04 Å². The molecule has 0 rings (SSSR count). The van der Waals surface area contributed by atoms with Crippen LogP contribution in [0.3, 0.4) is 0 Å². The smallest absolute Gasteiger partial charge is 0.0641 e. The lowest BCUT2D eigenvalue weighted by Crippen LogP contribution is -2.42. The van der Waals surface area contributed by atoms with E-state index in [-0.39, 0.29) is 5.92 Å². The Balaban J connectivity index is 4.47. The molecule has 0 heterocycles. The summed E-state index contributed by atoms with van der Waals surface area (Å²) in [7, 11) is -1.21. The van der Waals surface area contributed by atoms with Gasteiger partial charge in [0.2, 0.25) is 0 Å². The molecule has 2 atom stereocenters. The summed E-state index contributed by atoms with van der Waals surface area (Å²) < 4.78 is 0. The third-order valence-corrected chi connectivity index (χ3v) is 3.99. The van der Waals surface area contributed by atoms with Crippen LogP contribution in [0.2, 0.25) is 25.7 Å². The summed E-state index contributed by atoms with van der Waals surface area (Å²) in [4.78, 5) is 0. The van der Waals surface area contributed by atoms with E-state index in [1.165, 1.54) is 0 Å². The highest BCUT2D eigenvalue weighted by Crippen LogP contribution is 2.29. The lowest BCUT2D eigenvalue weighted by Gasteiger charge is -2.35. The number of aliphatic hydroxyl groups excluding tert-OH is 1. The van der Waals surface area contributed by atoms with Crippen LogP contribution in [0.4, 0.5) is 0 Å². The molecule has 2 N–H and O–H groups in total. The van der Waals surface area contributed by atoms with Crippen molar-refractivity contribution in [3.63, 3.8) is 0 Å². The van der Waals surface area contributed by atoms with Crippen molar-refractivity contribution in [1.82, 2.24) is 0 Å². The summed E-state index contributed by atoms with van der Waals surface area (Å²) >= 11 is 0. The largest absolute Gasteiger partial charge is 0.393 e. The summed E-state index contributed by atoms with van der Waals surface area (Å²) in [5.41, 5.74) is -0.769. The standard InChI is InChI=1S/C10H24O2Si/c1-8(11)9(10(2,3)12)7-13(4,5)6/h8-9,11-12H,7H2,1-6H3/t8-,9-/m0/s1. The molecule has 13 heavy (non-hydrogen) atoms. The van der Waals surface area contributed by atoms with E-state index < -0.39 is 19.8 Å². The van der Waals surface area contributed by atoms with Gasteiger partial charge in [-0.1, -0.05) is 19.6 Å². The van der Waals surface area contributed by atoms with E-state index in [4.69, 9.17) is 0 Å². The van der Waals surface area contributed by atoms with E-state index in [2.05, 4.69) is 19.6 Å². The van der Waals surface area contributed by atoms with Gasteiger partial charge in [-0.3, -0.25) is 0 Å². The molecule has 0 unspecified atom stereocenters. The van der Waals surface area contributed by atoms with Crippen LogP contribution in [-0.2, 0) is 0 Å². The molecule has 0 aromatic rings. The minimum Gasteiger partial charge on any atom is -0.393 e. The number of hydrogen-bond donors (Lipinski definition) is 2. The van der Waals surface area contributed by atoms with Crippen molar-refractivity contribution in [2.45, 2.75) is 58.2 Å². The first kappa shape index (κ1) is 13.1. The Morgan fingerprint density at radius 1 is 1.23 bits per heavy atom. The third-order valence-electron chi connectivity index (χ3n) is 2.32. The van der Waals surface area contributed by atoms with Gasteiger partial charge >= 0.3 is 0 Å². The van der Waals surface area contributed by atoms with Crippen LogP contribution in [0, 0.1) is 5.92 Å². The molecular weight excluding hydrogens is 180 g/mol. The summed E-state index contributed by atoms with van der Waals surface area (Å²) in [5, 5.41) is 19.4. The summed E-state index contributed by atoms with van der Waals surface area (Å²) in [6.07, 6.45) is -0.424. The maximum absolute atomic E-state index is 9.87. The Labute approximate surface area is 83.0 Å². The second kappa shape index (κ2) is 4.11. The Hall–Kier alpha value is 0.137. The van der Waals surface area contributed by atoms with Crippen LogP contribution in [0.5, 0.6) is 0 Å². The van der Waals surface area contributed by atoms with Gasteiger partial charge < -0.3 is 10.2 Å². The lowest BCUT2D eigenvalue weighted by molar-refractivity contribution is -0.0315. The van der Waals surface area contributed by atoms with Crippen LogP contribution >= 0.6 is 0 Å². The molecule has 3 heteroatoms. The van der Waals surface area contributed by atoms with E-state index >= 15 is 0 Å². The second-order valence-corrected chi connectivity index (χ2v) is 11.3. The first-order valence-electron chi connectivity index (χ1n) is 4.94. The predicted octanol–water partition coefficient (Wildman–Crippen LogP) is 2.09. The Bertz CT molecular complexity index is 153. The molecule has 2 nitrogen and oxygen atoms in total. The molecule has 0 amide bonds. The SMILES string of the molecule is C[C@H](O)[C@H](C[Si](C)(C)C)C(C)(C)O. The lowest BCUT2D eigenvalue weighted by atomic mass is 9.88. The van der Waals surface area contributed by atoms with Gasteiger partial charge in [-0.05, 0) is 26.8 Å². The quantitative estimate of drug-likeness (QED) is 0.689. The van der Waals surface area contributed by atoms with Gasteiger partial charge in [-0.15, -0.1) is 0 Å². The van der Waals surface area contributed by atoms with Gasteiger partial charge in [0.15, 0.2) is 0 Å². The molecule has 0 bridgehead atoms. The fourth-order valence-corrected chi connectivity index (χ4v) is 3.83. The zero-order valence-corrected chi connectivity index (χ0v) is 10.8. The molecule has 0 aromatic heterocycles. The van der Waals surface area contributed by atoms with Gasteiger partial charge in [-0.2, -0.15) is 0 Å². The van der Waals surface area contributed by atoms with E-state index in [1.54, 1.807) is 20.8 Å². The van der Waals surface area contributed by atoms with E-state index in [1.807, 2.05) is 0 Å². The van der Waals surface area contributed by atoms with Gasteiger partial charge in [-0.25, -0.2) is 0 Å². The predicted molar refractivity (Wildman–Crippen MR) is 59.6 cm³/mol. The maximum atomic E-state index is 9.87. The van der Waals surface area contributed by atoms with E-state index in [9.17, 15) is 10.2 Å². The molecule has 0 radical (unpaired) electrons. The van der Waals surface area contributed by atoms with Gasteiger partial charge in [0.25, 0.3) is 0 Å². The van der Waals surface area contributed by atoms with Gasteiger partial charge in [0.05, 0.1) is 11.7 Å². The van der Waals surface area contributed by atoms with Crippen molar-refractivity contribution in [1.29, 1.82) is 0 Å². The number of rotatable bonds is 4. The molecule has 0 aliphatic carbocycles. The monoisotopic (exact) mass is 204 g/mol. The maximum Gasteiger partial charge on any atom is 0.0641 e. The minimum absolute atomic E-state index is 0.000772. The van der Waals surface area contributed by atoms with Crippen molar-refractivity contribution in [2.24, 2.45) is 5.92 Å². The van der Waals surface area contributed by atoms with E-state index in [0.29, 0.717) is 0 Å². The van der Waals surface area contributed by atoms with Gasteiger partial charge in [0, 0.05) is 14.0 Å². The van der Waals surface area contributed by atoms with Crippen LogP contribution in [-0.4, -0.2) is 30.0 Å². The van der Waals surface area contributed by atoms with Crippen LogP contribution in [0.15, 0.2) is 0 Å². The van der Waals surface area contributed by atoms with Crippen LogP contribution in [0.1, 0.15) is 20.8 Å². The van der Waals surface area contributed by atoms with Crippen molar-refractivity contribution in [3.05, 3.63) is 0 Å². The molecule has 0 aromatic carbocycles. The molecular formula is C10H24O2Si. The molecule has 0 saturated carbocycles. The highest BCUT2D eigenvalue weighted by Gasteiger charge is 2.34. The molecule has 0 saturated heterocycles. The zero-order valence-electron chi connectivity index (χ0n) is 9.76. The Morgan fingerprint density at radius 3 is 1.69 bits per heavy atom. The molecule has 0 aliphatic rings. The topological polar surface area (TPSA) is 40.5 Å². The summed E-state index contributed by atoms with van der Waals surface area (Å²) in [6.45, 7) is 12.1. The number of hydrogen-bond acceptors (Lipinski definition) is 2. The normalized spacial score (nSPS) is 18.5. The first-order valence-corrected chi connectivity index (χ1v) is 8.65. The van der Waals surface area contributed by atoms with Crippen molar-refractivity contribution < 1.29 is 10.2 Å². The number of aliphatic hydroxyl groups is 2. The zero-order chi connectivity index (χ0) is 10.9. The Kier molecular flexibility index (Phi) is 4.15. The minimum atomic E-state index is -1.21. The highest BCUT2D eigenvalue weighted by molar-refractivity contribution is 6.76. The second-order valence-electron chi connectivity index (χ2n) is 5.77. The van der Waals surface area contributed by atoms with Crippen molar-refractivity contribution in [3.8, 4) is 0 Å². The average molecular weight is 204 g/mol. The third kappa shape index (κ3) is 5.44. The molecule has 0 fully saturated rings. The molecule has 80 valence electrons. The summed E-state index contributed by atoms with van der Waals surface area (Å²) in [6, 6.07) is 0.966. The fourth-order valence-electron chi connectivity index (χ4n) is 1.67. The van der Waals surface area contributed by atoms with Crippen LogP contribution < -0.4 is 0 Å². The van der Waals surface area contributed by atoms with Crippen molar-refractivity contribution >= 4 is 8.07 Å². The molecule has 0 spiro atoms. The Morgan fingerprint density at radius 2 is 1.62 bits per heavy atom. The van der Waals surface area contributed by atoms with Crippen molar-refractivity contribution in [2.75, 3.05) is 0 Å².